The first-order chi connectivity index (χ1) is 16.4. The lowest BCUT2D eigenvalue weighted by Gasteiger charge is -2.15. The minimum absolute atomic E-state index is 0.0953. The number of nitrogens with zero attached hydrogens (tertiary/aromatic N) is 3. The third-order valence-electron chi connectivity index (χ3n) is 5.20. The van der Waals surface area contributed by atoms with Crippen LogP contribution in [0.1, 0.15) is 12.8 Å². The van der Waals surface area contributed by atoms with Crippen LogP contribution in [0.2, 0.25) is 0 Å². The average Bonchev–Trinajstić information content (AvgIpc) is 3.31. The molecule has 0 bridgehead atoms. The van der Waals surface area contributed by atoms with E-state index in [0.717, 1.165) is 37.8 Å². The number of hydrogen-bond donors (Lipinski definition) is 3. The van der Waals surface area contributed by atoms with Crippen LogP contribution < -0.4 is 20.1 Å². The van der Waals surface area contributed by atoms with E-state index in [9.17, 15) is 12.8 Å². The molecule has 2 heterocycles. The lowest BCUT2D eigenvalue weighted by molar-refractivity contribution is 0.238. The quantitative estimate of drug-likeness (QED) is 0.395. The van der Waals surface area contributed by atoms with Gasteiger partial charge in [-0.25, -0.2) is 17.8 Å². The number of aromatic nitrogens is 2. The summed E-state index contributed by atoms with van der Waals surface area (Å²) in [5, 5.41) is 5.86. The van der Waals surface area contributed by atoms with Crippen molar-refractivity contribution < 1.29 is 17.5 Å². The lowest BCUT2D eigenvalue weighted by Crippen LogP contribution is -2.25. The Morgan fingerprint density at radius 1 is 1.03 bits per heavy atom. The normalized spacial score (nSPS) is 14.1. The Balaban J connectivity index is 1.39. The number of para-hydroxylation sites is 2. The molecule has 1 aliphatic heterocycles. The van der Waals surface area contributed by atoms with Gasteiger partial charge in [0.2, 0.25) is 16.0 Å². The van der Waals surface area contributed by atoms with Gasteiger partial charge in [0.25, 0.3) is 0 Å². The molecule has 4 rings (SSSR count). The van der Waals surface area contributed by atoms with Crippen molar-refractivity contribution in [2.24, 2.45) is 0 Å². The molecule has 1 aliphatic rings. The molecule has 9 nitrogen and oxygen atoms in total. The van der Waals surface area contributed by atoms with Crippen LogP contribution in [0, 0.1) is 5.82 Å². The second-order valence-corrected chi connectivity index (χ2v) is 9.73. The Hall–Kier alpha value is -3.44. The predicted molar refractivity (Wildman–Crippen MR) is 131 cm³/mol. The highest BCUT2D eigenvalue weighted by atomic mass is 32.2. The summed E-state index contributed by atoms with van der Waals surface area (Å²) in [4.78, 5) is 10.6. The molecule has 0 amide bonds. The molecule has 34 heavy (non-hydrogen) atoms. The molecule has 1 aromatic heterocycles. The molecule has 0 unspecified atom stereocenters. The molecule has 3 N–H and O–H groups in total. The molecule has 0 aliphatic carbocycles. The monoisotopic (exact) mass is 486 g/mol. The van der Waals surface area contributed by atoms with Crippen LogP contribution in [0.5, 0.6) is 5.75 Å². The summed E-state index contributed by atoms with van der Waals surface area (Å²) in [6.07, 6.45) is 4.60. The third kappa shape index (κ3) is 6.78. The smallest absolute Gasteiger partial charge is 0.229 e. The van der Waals surface area contributed by atoms with E-state index in [-0.39, 0.29) is 17.5 Å². The fourth-order valence-electron chi connectivity index (χ4n) is 3.59. The van der Waals surface area contributed by atoms with Crippen molar-refractivity contribution >= 4 is 38.9 Å². The first-order valence-electron chi connectivity index (χ1n) is 10.9. The average molecular weight is 487 g/mol. The van der Waals surface area contributed by atoms with E-state index in [1.807, 2.05) is 24.3 Å². The molecule has 0 atom stereocenters. The molecule has 11 heteroatoms. The molecular weight excluding hydrogens is 459 g/mol. The number of likely N-dealkylation sites (tertiary alicyclic amines) is 1. The van der Waals surface area contributed by atoms with Crippen LogP contribution in [0.4, 0.5) is 33.2 Å². The second-order valence-electron chi connectivity index (χ2n) is 7.98. The zero-order chi connectivity index (χ0) is 24.0. The van der Waals surface area contributed by atoms with Gasteiger partial charge in [-0.05, 0) is 62.3 Å². The number of sulfonamides is 1. The fourth-order valence-corrected chi connectivity index (χ4v) is 4.16. The predicted octanol–water partition coefficient (Wildman–Crippen LogP) is 3.95. The van der Waals surface area contributed by atoms with Gasteiger partial charge in [0, 0.05) is 12.2 Å². The van der Waals surface area contributed by atoms with E-state index in [1.54, 1.807) is 24.3 Å². The van der Waals surface area contributed by atoms with Crippen LogP contribution in [-0.4, -0.2) is 55.8 Å². The van der Waals surface area contributed by atoms with Crippen molar-refractivity contribution in [1.82, 2.24) is 14.9 Å². The van der Waals surface area contributed by atoms with Gasteiger partial charge in [-0.1, -0.05) is 12.1 Å². The molecule has 180 valence electrons. The summed E-state index contributed by atoms with van der Waals surface area (Å²) in [5.41, 5.74) is 1.34. The first-order valence-corrected chi connectivity index (χ1v) is 12.8. The van der Waals surface area contributed by atoms with Crippen molar-refractivity contribution in [2.45, 2.75) is 12.8 Å². The maximum absolute atomic E-state index is 14.4. The van der Waals surface area contributed by atoms with E-state index in [0.29, 0.717) is 18.0 Å². The molecule has 0 saturated carbocycles. The largest absolute Gasteiger partial charge is 0.492 e. The highest BCUT2D eigenvalue weighted by Gasteiger charge is 2.13. The van der Waals surface area contributed by atoms with E-state index >= 15 is 0 Å². The second kappa shape index (κ2) is 10.7. The van der Waals surface area contributed by atoms with Gasteiger partial charge < -0.3 is 15.4 Å². The summed E-state index contributed by atoms with van der Waals surface area (Å²) in [5.74, 6) is 0.172. The number of nitrogens with one attached hydrogen (secondary N) is 3. The highest BCUT2D eigenvalue weighted by molar-refractivity contribution is 7.92. The minimum Gasteiger partial charge on any atom is -0.492 e. The molecule has 2 aromatic carbocycles. The summed E-state index contributed by atoms with van der Waals surface area (Å²) < 4.78 is 45.8. The Bertz CT molecular complexity index is 1220. The molecule has 1 saturated heterocycles. The van der Waals surface area contributed by atoms with E-state index in [4.69, 9.17) is 4.74 Å². The van der Waals surface area contributed by atoms with Crippen LogP contribution in [0.25, 0.3) is 0 Å². The van der Waals surface area contributed by atoms with E-state index in [2.05, 4.69) is 30.2 Å². The van der Waals surface area contributed by atoms with Gasteiger partial charge in [-0.15, -0.1) is 0 Å². The SMILES string of the molecule is CS(=O)(=O)Nc1ccccc1Nc1nc(Nc2ccc(OCCN3CCCC3)cc2)ncc1F. The van der Waals surface area contributed by atoms with Crippen molar-refractivity contribution in [2.75, 3.05) is 47.9 Å². The number of anilines is 5. The number of rotatable bonds is 10. The van der Waals surface area contributed by atoms with Crippen LogP contribution >= 0.6 is 0 Å². The molecule has 1 fully saturated rings. The number of benzene rings is 2. The Kier molecular flexibility index (Phi) is 7.43. The summed E-state index contributed by atoms with van der Waals surface area (Å²) in [6, 6.07) is 13.9. The molecule has 3 aromatic rings. The Morgan fingerprint density at radius 3 is 2.44 bits per heavy atom. The van der Waals surface area contributed by atoms with Crippen molar-refractivity contribution in [3.63, 3.8) is 0 Å². The van der Waals surface area contributed by atoms with Crippen LogP contribution in [0.15, 0.2) is 54.7 Å². The topological polar surface area (TPSA) is 108 Å². The van der Waals surface area contributed by atoms with Crippen molar-refractivity contribution in [3.05, 3.63) is 60.5 Å². The maximum atomic E-state index is 14.4. The minimum atomic E-state index is -3.51. The maximum Gasteiger partial charge on any atom is 0.229 e. The number of hydrogen-bond acceptors (Lipinski definition) is 8. The summed E-state index contributed by atoms with van der Waals surface area (Å²) >= 11 is 0. The van der Waals surface area contributed by atoms with Gasteiger partial charge in [0.1, 0.15) is 12.4 Å². The first kappa shape index (κ1) is 23.7. The number of halogens is 1. The van der Waals surface area contributed by atoms with Gasteiger partial charge in [0.05, 0.1) is 23.8 Å². The molecule has 0 radical (unpaired) electrons. The third-order valence-corrected chi connectivity index (χ3v) is 5.80. The fraction of sp³-hybridized carbons (Fsp3) is 0.304. The molecular formula is C23H27FN6O3S. The van der Waals surface area contributed by atoms with Gasteiger partial charge in [-0.2, -0.15) is 4.98 Å². The van der Waals surface area contributed by atoms with Crippen LogP contribution in [-0.2, 0) is 10.0 Å². The van der Waals surface area contributed by atoms with Gasteiger partial charge >= 0.3 is 0 Å². The zero-order valence-corrected chi connectivity index (χ0v) is 19.6. The van der Waals surface area contributed by atoms with Crippen LogP contribution in [0.3, 0.4) is 0 Å². The van der Waals surface area contributed by atoms with E-state index < -0.39 is 15.8 Å². The van der Waals surface area contributed by atoms with Gasteiger partial charge in [0.15, 0.2) is 11.6 Å². The van der Waals surface area contributed by atoms with Gasteiger partial charge in [-0.3, -0.25) is 9.62 Å². The molecule has 0 spiro atoms. The summed E-state index contributed by atoms with van der Waals surface area (Å²) in [7, 11) is -3.51. The lowest BCUT2D eigenvalue weighted by atomic mass is 10.2. The standard InChI is InChI=1S/C23H27FN6O3S/c1-34(31,32)29-21-7-3-2-6-20(21)27-22-19(24)16-25-23(28-22)26-17-8-10-18(11-9-17)33-15-14-30-12-4-5-13-30/h2-3,6-11,16,29H,4-5,12-15H2,1H3,(H2,25,26,27,28). The van der Waals surface area contributed by atoms with Crippen molar-refractivity contribution in [1.29, 1.82) is 0 Å². The highest BCUT2D eigenvalue weighted by Crippen LogP contribution is 2.27. The van der Waals surface area contributed by atoms with Crippen molar-refractivity contribution in [3.8, 4) is 5.75 Å². The Labute approximate surface area is 198 Å². The zero-order valence-electron chi connectivity index (χ0n) is 18.8. The van der Waals surface area contributed by atoms with E-state index in [1.165, 1.54) is 12.8 Å². The Morgan fingerprint density at radius 2 is 1.74 bits per heavy atom. The summed E-state index contributed by atoms with van der Waals surface area (Å²) in [6.45, 7) is 3.83. The number of ether oxygens (including phenoxy) is 1.